The lowest BCUT2D eigenvalue weighted by molar-refractivity contribution is 0.0247. The smallest absolute Gasteiger partial charge is 0.0613 e. The molecule has 22 heavy (non-hydrogen) atoms. The predicted octanol–water partition coefficient (Wildman–Crippen LogP) is 3.17. The van der Waals surface area contributed by atoms with Crippen LogP contribution < -0.4 is 5.32 Å². The average Bonchev–Trinajstić information content (AvgIpc) is 3.05. The van der Waals surface area contributed by atoms with Crippen LogP contribution in [0.5, 0.6) is 0 Å². The summed E-state index contributed by atoms with van der Waals surface area (Å²) in [4.78, 5) is 2.50. The number of rotatable bonds is 5. The number of hydrogen-bond acceptors (Lipinski definition) is 3. The fraction of sp³-hybridized carbons (Fsp3) is 1.00. The van der Waals surface area contributed by atoms with E-state index in [0.29, 0.717) is 12.0 Å². The minimum absolute atomic E-state index is 0.0466. The Labute approximate surface area is 136 Å². The molecule has 3 aliphatic rings. The number of nitrogens with zero attached hydrogens (tertiary/aromatic N) is 1. The summed E-state index contributed by atoms with van der Waals surface area (Å²) >= 11 is 0. The van der Waals surface area contributed by atoms with Crippen LogP contribution in [0.2, 0.25) is 0 Å². The Balaban J connectivity index is 1.68. The summed E-state index contributed by atoms with van der Waals surface area (Å²) in [5, 5.41) is 13.8. The number of hydrogen-bond donors (Lipinski definition) is 2. The number of nitrogens with one attached hydrogen (secondary N) is 1. The normalized spacial score (nSPS) is 29.7. The lowest BCUT2D eigenvalue weighted by atomic mass is 9.63. The Morgan fingerprint density at radius 3 is 2.18 bits per heavy atom. The van der Waals surface area contributed by atoms with Crippen LogP contribution in [0.3, 0.4) is 0 Å². The Bertz CT molecular complexity index is 337. The second kappa shape index (κ2) is 7.19. The van der Waals surface area contributed by atoms with Crippen molar-refractivity contribution in [3.8, 4) is 0 Å². The highest BCUT2D eigenvalue weighted by atomic mass is 16.3. The highest BCUT2D eigenvalue weighted by molar-refractivity contribution is 4.98. The van der Waals surface area contributed by atoms with Gasteiger partial charge in [0.2, 0.25) is 0 Å². The molecule has 1 heterocycles. The van der Waals surface area contributed by atoms with Crippen LogP contribution in [0.15, 0.2) is 0 Å². The second-order valence-corrected chi connectivity index (χ2v) is 8.50. The van der Waals surface area contributed by atoms with Gasteiger partial charge in [-0.3, -0.25) is 0 Å². The van der Waals surface area contributed by atoms with Crippen molar-refractivity contribution in [2.75, 3.05) is 33.3 Å². The average molecular weight is 309 g/mol. The standard InChI is InChI=1S/C19H36N2O/c1-21-13-11-18(12-14-21,17-7-3-2-4-8-17)15-20-19(16-22)9-5-6-10-19/h17,20,22H,2-16H2,1H3. The first-order valence-electron chi connectivity index (χ1n) is 9.73. The summed E-state index contributed by atoms with van der Waals surface area (Å²) < 4.78 is 0. The summed E-state index contributed by atoms with van der Waals surface area (Å²) in [5.74, 6) is 0.916. The molecule has 0 spiro atoms. The molecular formula is C19H36N2O. The Morgan fingerprint density at radius 1 is 0.955 bits per heavy atom. The van der Waals surface area contributed by atoms with E-state index in [1.54, 1.807) is 0 Å². The lowest BCUT2D eigenvalue weighted by Crippen LogP contribution is -2.55. The molecule has 0 aromatic heterocycles. The quantitative estimate of drug-likeness (QED) is 0.819. The topological polar surface area (TPSA) is 35.5 Å². The van der Waals surface area contributed by atoms with Crippen LogP contribution in [-0.4, -0.2) is 48.8 Å². The van der Waals surface area contributed by atoms with Crippen molar-refractivity contribution in [3.63, 3.8) is 0 Å². The number of likely N-dealkylation sites (tertiary alicyclic amines) is 1. The van der Waals surface area contributed by atoms with Gasteiger partial charge in [0.15, 0.2) is 0 Å². The Kier molecular flexibility index (Phi) is 5.47. The first-order chi connectivity index (χ1) is 10.7. The molecule has 0 atom stereocenters. The molecule has 128 valence electrons. The zero-order valence-corrected chi connectivity index (χ0v) is 14.6. The molecule has 0 unspecified atom stereocenters. The van der Waals surface area contributed by atoms with E-state index in [-0.39, 0.29) is 5.54 Å². The van der Waals surface area contributed by atoms with Crippen LogP contribution >= 0.6 is 0 Å². The van der Waals surface area contributed by atoms with Gasteiger partial charge in [0, 0.05) is 12.1 Å². The molecule has 1 saturated heterocycles. The van der Waals surface area contributed by atoms with E-state index in [1.807, 2.05) is 0 Å². The zero-order chi connectivity index (χ0) is 15.5. The number of aliphatic hydroxyl groups is 1. The van der Waals surface area contributed by atoms with E-state index in [1.165, 1.54) is 83.7 Å². The van der Waals surface area contributed by atoms with Crippen molar-refractivity contribution in [1.29, 1.82) is 0 Å². The first kappa shape index (κ1) is 16.7. The molecule has 1 aliphatic heterocycles. The van der Waals surface area contributed by atoms with Crippen molar-refractivity contribution in [2.24, 2.45) is 11.3 Å². The van der Waals surface area contributed by atoms with Gasteiger partial charge in [0.25, 0.3) is 0 Å². The third kappa shape index (κ3) is 3.52. The fourth-order valence-electron chi connectivity index (χ4n) is 5.31. The number of piperidine rings is 1. The van der Waals surface area contributed by atoms with Gasteiger partial charge < -0.3 is 15.3 Å². The van der Waals surface area contributed by atoms with E-state index in [0.717, 1.165) is 12.5 Å². The van der Waals surface area contributed by atoms with Crippen LogP contribution in [-0.2, 0) is 0 Å². The van der Waals surface area contributed by atoms with Crippen molar-refractivity contribution in [2.45, 2.75) is 76.2 Å². The molecular weight excluding hydrogens is 272 g/mol. The molecule has 2 N–H and O–H groups in total. The first-order valence-corrected chi connectivity index (χ1v) is 9.73. The van der Waals surface area contributed by atoms with Gasteiger partial charge in [0.05, 0.1) is 6.61 Å². The summed E-state index contributed by atoms with van der Waals surface area (Å²) in [6, 6.07) is 0. The molecule has 0 aromatic rings. The van der Waals surface area contributed by atoms with Gasteiger partial charge in [-0.15, -0.1) is 0 Å². The lowest BCUT2D eigenvalue weighted by Gasteiger charge is -2.49. The molecule has 3 heteroatoms. The summed E-state index contributed by atoms with van der Waals surface area (Å²) in [6.45, 7) is 3.98. The van der Waals surface area contributed by atoms with Crippen LogP contribution in [0.4, 0.5) is 0 Å². The van der Waals surface area contributed by atoms with E-state index >= 15 is 0 Å². The largest absolute Gasteiger partial charge is 0.394 e. The maximum absolute atomic E-state index is 9.91. The summed E-state index contributed by atoms with van der Waals surface area (Å²) in [6.07, 6.45) is 14.8. The second-order valence-electron chi connectivity index (χ2n) is 8.50. The maximum atomic E-state index is 9.91. The molecule has 2 aliphatic carbocycles. The highest BCUT2D eigenvalue weighted by Gasteiger charge is 2.43. The predicted molar refractivity (Wildman–Crippen MR) is 92.0 cm³/mol. The van der Waals surface area contributed by atoms with E-state index in [9.17, 15) is 5.11 Å². The molecule has 0 bridgehead atoms. The maximum Gasteiger partial charge on any atom is 0.0613 e. The Morgan fingerprint density at radius 2 is 1.59 bits per heavy atom. The van der Waals surface area contributed by atoms with Crippen LogP contribution in [0, 0.1) is 11.3 Å². The summed E-state index contributed by atoms with van der Waals surface area (Å²) in [5.41, 5.74) is 0.544. The fourth-order valence-corrected chi connectivity index (χ4v) is 5.31. The van der Waals surface area contributed by atoms with Gasteiger partial charge in [-0.25, -0.2) is 0 Å². The van der Waals surface area contributed by atoms with Gasteiger partial charge in [-0.2, -0.15) is 0 Å². The molecule has 0 aromatic carbocycles. The van der Waals surface area contributed by atoms with Crippen molar-refractivity contribution in [1.82, 2.24) is 10.2 Å². The Hall–Kier alpha value is -0.120. The van der Waals surface area contributed by atoms with Gasteiger partial charge in [-0.1, -0.05) is 32.1 Å². The van der Waals surface area contributed by atoms with Crippen LogP contribution in [0.25, 0.3) is 0 Å². The van der Waals surface area contributed by atoms with Gasteiger partial charge in [0.1, 0.15) is 0 Å². The molecule has 2 saturated carbocycles. The van der Waals surface area contributed by atoms with Crippen molar-refractivity contribution in [3.05, 3.63) is 0 Å². The third-order valence-electron chi connectivity index (χ3n) is 7.13. The van der Waals surface area contributed by atoms with Crippen LogP contribution in [0.1, 0.15) is 70.6 Å². The number of aliphatic hydroxyl groups excluding tert-OH is 1. The van der Waals surface area contributed by atoms with Crippen molar-refractivity contribution >= 4 is 0 Å². The minimum Gasteiger partial charge on any atom is -0.394 e. The van der Waals surface area contributed by atoms with Gasteiger partial charge >= 0.3 is 0 Å². The summed E-state index contributed by atoms with van der Waals surface area (Å²) in [7, 11) is 2.27. The van der Waals surface area contributed by atoms with E-state index in [2.05, 4.69) is 17.3 Å². The monoisotopic (exact) mass is 308 g/mol. The zero-order valence-electron chi connectivity index (χ0n) is 14.6. The highest BCUT2D eigenvalue weighted by Crippen LogP contribution is 2.46. The molecule has 0 amide bonds. The molecule has 0 radical (unpaired) electrons. The SMILES string of the molecule is CN1CCC(CNC2(CO)CCCC2)(C2CCCCC2)CC1. The molecule has 3 nitrogen and oxygen atoms in total. The molecule has 3 rings (SSSR count). The van der Waals surface area contributed by atoms with Crippen molar-refractivity contribution < 1.29 is 5.11 Å². The van der Waals surface area contributed by atoms with Gasteiger partial charge in [-0.05, 0) is 70.0 Å². The third-order valence-corrected chi connectivity index (χ3v) is 7.13. The minimum atomic E-state index is 0.0466. The van der Waals surface area contributed by atoms with E-state index < -0.39 is 0 Å². The molecule has 3 fully saturated rings. The van der Waals surface area contributed by atoms with E-state index in [4.69, 9.17) is 0 Å².